The first-order chi connectivity index (χ1) is 7.76. The summed E-state index contributed by atoms with van der Waals surface area (Å²) in [6, 6.07) is -0.638. The molecule has 0 aromatic rings. The standard InChI is InChI=1S/C11H22N2O4.2ClH/c1-11(2,3)17-10(15)13-7-5-6-8(12)9(14)16-4;;/h8H,5-7,12H2,1-4H3,(H,13,15);2*1H/p-1/t8-;;/m0../s1. The third-order valence-electron chi connectivity index (χ3n) is 1.86. The SMILES string of the molecule is COC(=O)[C@@H](N)CCCNC(=O)OC(C)(C)C.Cl.[Cl-]. The smallest absolute Gasteiger partial charge is 0.407 e. The van der Waals surface area contributed by atoms with Crippen LogP contribution >= 0.6 is 12.4 Å². The third kappa shape index (κ3) is 13.5. The summed E-state index contributed by atoms with van der Waals surface area (Å²) in [6.45, 7) is 5.79. The average molecular weight is 318 g/mol. The minimum Gasteiger partial charge on any atom is -1.00 e. The van der Waals surface area contributed by atoms with Crippen LogP contribution < -0.4 is 23.5 Å². The Morgan fingerprint density at radius 3 is 2.26 bits per heavy atom. The second-order valence-electron chi connectivity index (χ2n) is 4.70. The number of ether oxygens (including phenoxy) is 2. The molecule has 116 valence electrons. The molecule has 0 heterocycles. The molecule has 0 aliphatic rings. The molecule has 0 aliphatic carbocycles. The number of amides is 1. The van der Waals surface area contributed by atoms with E-state index in [1.165, 1.54) is 7.11 Å². The number of esters is 1. The van der Waals surface area contributed by atoms with Gasteiger partial charge in [-0.2, -0.15) is 0 Å². The number of methoxy groups -OCH3 is 1. The molecule has 19 heavy (non-hydrogen) atoms. The zero-order chi connectivity index (χ0) is 13.5. The lowest BCUT2D eigenvalue weighted by atomic mass is 10.2. The van der Waals surface area contributed by atoms with Crippen LogP contribution in [0.4, 0.5) is 4.79 Å². The van der Waals surface area contributed by atoms with Crippen molar-refractivity contribution in [1.82, 2.24) is 5.32 Å². The number of halogens is 2. The van der Waals surface area contributed by atoms with Gasteiger partial charge in [-0.1, -0.05) is 0 Å². The Balaban J connectivity index is -0.00000128. The zero-order valence-corrected chi connectivity index (χ0v) is 13.3. The molecule has 3 N–H and O–H groups in total. The van der Waals surface area contributed by atoms with Crippen LogP contribution in [0, 0.1) is 0 Å². The topological polar surface area (TPSA) is 90.6 Å². The highest BCUT2D eigenvalue weighted by molar-refractivity contribution is 5.85. The normalized spacial score (nSPS) is 11.4. The molecule has 8 heteroatoms. The van der Waals surface area contributed by atoms with Gasteiger partial charge in [-0.15, -0.1) is 12.4 Å². The molecule has 0 aromatic heterocycles. The summed E-state index contributed by atoms with van der Waals surface area (Å²) in [5, 5.41) is 2.58. The average Bonchev–Trinajstić information content (AvgIpc) is 2.20. The van der Waals surface area contributed by atoms with E-state index in [1.54, 1.807) is 20.8 Å². The van der Waals surface area contributed by atoms with Crippen LogP contribution in [0.1, 0.15) is 33.6 Å². The highest BCUT2D eigenvalue weighted by Crippen LogP contribution is 2.06. The Kier molecular flexibility index (Phi) is 13.7. The molecule has 1 atom stereocenters. The van der Waals surface area contributed by atoms with Crippen molar-refractivity contribution in [2.45, 2.75) is 45.3 Å². The molecule has 0 fully saturated rings. The van der Waals surface area contributed by atoms with Gasteiger partial charge in [-0.05, 0) is 33.6 Å². The van der Waals surface area contributed by atoms with Gasteiger partial charge in [-0.3, -0.25) is 4.79 Å². The summed E-state index contributed by atoms with van der Waals surface area (Å²) in [6.07, 6.45) is 0.585. The van der Waals surface area contributed by atoms with Crippen molar-refractivity contribution in [1.29, 1.82) is 0 Å². The van der Waals surface area contributed by atoms with Gasteiger partial charge in [0.1, 0.15) is 11.6 Å². The van der Waals surface area contributed by atoms with Crippen molar-refractivity contribution in [2.75, 3.05) is 13.7 Å². The summed E-state index contributed by atoms with van der Waals surface area (Å²) < 4.78 is 9.52. The number of carbonyl (C=O) groups is 2. The summed E-state index contributed by atoms with van der Waals surface area (Å²) in [5.41, 5.74) is 5.02. The molecule has 0 spiro atoms. The lowest BCUT2D eigenvalue weighted by Crippen LogP contribution is -3.00. The fourth-order valence-electron chi connectivity index (χ4n) is 1.10. The summed E-state index contributed by atoms with van der Waals surface area (Å²) >= 11 is 0. The summed E-state index contributed by atoms with van der Waals surface area (Å²) in [4.78, 5) is 22.2. The number of rotatable bonds is 5. The second-order valence-corrected chi connectivity index (χ2v) is 4.70. The van der Waals surface area contributed by atoms with Crippen LogP contribution in [-0.2, 0) is 14.3 Å². The quantitative estimate of drug-likeness (QED) is 0.462. The summed E-state index contributed by atoms with van der Waals surface area (Å²) in [7, 11) is 1.29. The van der Waals surface area contributed by atoms with Crippen molar-refractivity contribution < 1.29 is 31.5 Å². The van der Waals surface area contributed by atoms with Crippen LogP contribution in [0.2, 0.25) is 0 Å². The Labute approximate surface area is 126 Å². The fourth-order valence-corrected chi connectivity index (χ4v) is 1.10. The van der Waals surface area contributed by atoms with E-state index in [1.807, 2.05) is 0 Å². The molecule has 0 rings (SSSR count). The van der Waals surface area contributed by atoms with E-state index in [2.05, 4.69) is 10.1 Å². The lowest BCUT2D eigenvalue weighted by Gasteiger charge is -2.19. The van der Waals surface area contributed by atoms with Gasteiger partial charge in [0.2, 0.25) is 0 Å². The minimum atomic E-state index is -0.638. The van der Waals surface area contributed by atoms with Gasteiger partial charge in [-0.25, -0.2) is 4.79 Å². The van der Waals surface area contributed by atoms with Crippen molar-refractivity contribution >= 4 is 24.5 Å². The van der Waals surface area contributed by atoms with Gasteiger partial charge in [0, 0.05) is 6.54 Å². The molecule has 0 radical (unpaired) electrons. The van der Waals surface area contributed by atoms with Crippen LogP contribution in [0.3, 0.4) is 0 Å². The Bertz CT molecular complexity index is 270. The van der Waals surface area contributed by atoms with Gasteiger partial charge in [0.05, 0.1) is 7.11 Å². The highest BCUT2D eigenvalue weighted by Gasteiger charge is 2.16. The largest absolute Gasteiger partial charge is 1.00 e. The summed E-state index contributed by atoms with van der Waals surface area (Å²) in [5.74, 6) is -0.442. The van der Waals surface area contributed by atoms with E-state index in [0.717, 1.165) is 0 Å². The van der Waals surface area contributed by atoms with E-state index in [4.69, 9.17) is 10.5 Å². The Hall–Kier alpha value is -0.720. The molecule has 0 unspecified atom stereocenters. The molecule has 0 bridgehead atoms. The zero-order valence-electron chi connectivity index (χ0n) is 11.7. The molecule has 0 saturated carbocycles. The molecule has 0 aromatic carbocycles. The van der Waals surface area contributed by atoms with E-state index < -0.39 is 23.7 Å². The monoisotopic (exact) mass is 317 g/mol. The maximum absolute atomic E-state index is 11.2. The number of alkyl carbamates (subject to hydrolysis) is 1. The third-order valence-corrected chi connectivity index (χ3v) is 1.86. The van der Waals surface area contributed by atoms with E-state index >= 15 is 0 Å². The first kappa shape index (κ1) is 23.4. The molecular formula is C11H23Cl2N2O4-. The van der Waals surface area contributed by atoms with Gasteiger partial charge >= 0.3 is 12.1 Å². The van der Waals surface area contributed by atoms with Crippen LogP contribution in [0.5, 0.6) is 0 Å². The van der Waals surface area contributed by atoms with Crippen molar-refractivity contribution in [2.24, 2.45) is 5.73 Å². The van der Waals surface area contributed by atoms with E-state index in [0.29, 0.717) is 19.4 Å². The minimum absolute atomic E-state index is 0. The van der Waals surface area contributed by atoms with Crippen LogP contribution in [0.15, 0.2) is 0 Å². The first-order valence-corrected chi connectivity index (χ1v) is 5.56. The second kappa shape index (κ2) is 11.1. The van der Waals surface area contributed by atoms with E-state index in [9.17, 15) is 9.59 Å². The molecule has 1 amide bonds. The maximum atomic E-state index is 11.2. The van der Waals surface area contributed by atoms with Crippen molar-refractivity contribution in [3.8, 4) is 0 Å². The molecule has 0 aliphatic heterocycles. The molecular weight excluding hydrogens is 295 g/mol. The predicted molar refractivity (Wildman–Crippen MR) is 70.7 cm³/mol. The van der Waals surface area contributed by atoms with Crippen LogP contribution in [0.25, 0.3) is 0 Å². The maximum Gasteiger partial charge on any atom is 0.407 e. The predicted octanol–water partition coefficient (Wildman–Crippen LogP) is -1.78. The number of hydrogen-bond acceptors (Lipinski definition) is 5. The van der Waals surface area contributed by atoms with Gasteiger partial charge in [0.15, 0.2) is 0 Å². The lowest BCUT2D eigenvalue weighted by molar-refractivity contribution is -0.142. The molecule has 6 nitrogen and oxygen atoms in total. The van der Waals surface area contributed by atoms with Crippen LogP contribution in [-0.4, -0.2) is 37.4 Å². The number of hydrogen-bond donors (Lipinski definition) is 2. The van der Waals surface area contributed by atoms with Crippen molar-refractivity contribution in [3.05, 3.63) is 0 Å². The van der Waals surface area contributed by atoms with E-state index in [-0.39, 0.29) is 24.8 Å². The van der Waals surface area contributed by atoms with Gasteiger partial charge in [0.25, 0.3) is 0 Å². The van der Waals surface area contributed by atoms with Crippen molar-refractivity contribution in [3.63, 3.8) is 0 Å². The fraction of sp³-hybridized carbons (Fsp3) is 0.818. The molecule has 0 saturated heterocycles. The Morgan fingerprint density at radius 2 is 1.84 bits per heavy atom. The first-order valence-electron chi connectivity index (χ1n) is 5.56. The highest BCUT2D eigenvalue weighted by atomic mass is 35.5. The number of nitrogens with two attached hydrogens (primary N) is 1. The number of nitrogens with one attached hydrogen (secondary N) is 1. The van der Waals surface area contributed by atoms with Gasteiger partial charge < -0.3 is 32.9 Å². The Morgan fingerprint density at radius 1 is 1.32 bits per heavy atom. The number of carbonyl (C=O) groups excluding carboxylic acids is 2.